The first kappa shape index (κ1) is 23.3. The molecule has 180 valence electrons. The summed E-state index contributed by atoms with van der Waals surface area (Å²) in [5.41, 5.74) is 7.14. The minimum atomic E-state index is 0.555. The molecule has 0 aliphatic carbocycles. The Labute approximate surface area is 207 Å². The molecule has 4 aromatic rings. The number of nitrogens with one attached hydrogen (secondary N) is 1. The van der Waals surface area contributed by atoms with E-state index in [1.54, 1.807) is 18.7 Å². The van der Waals surface area contributed by atoms with Crippen LogP contribution in [0.3, 0.4) is 0 Å². The number of rotatable bonds is 8. The van der Waals surface area contributed by atoms with Crippen molar-refractivity contribution < 1.29 is 9.15 Å². The second-order valence-corrected chi connectivity index (χ2v) is 9.43. The van der Waals surface area contributed by atoms with Crippen molar-refractivity contribution in [2.24, 2.45) is 5.92 Å². The maximum Gasteiger partial charge on any atom is 0.232 e. The molecular weight excluding hydrogens is 436 g/mol. The van der Waals surface area contributed by atoms with Crippen molar-refractivity contribution in [1.82, 2.24) is 20.2 Å². The van der Waals surface area contributed by atoms with E-state index in [1.807, 2.05) is 6.07 Å². The topological polar surface area (TPSA) is 63.4 Å². The van der Waals surface area contributed by atoms with Crippen molar-refractivity contribution in [3.05, 3.63) is 78.9 Å². The van der Waals surface area contributed by atoms with Crippen molar-refractivity contribution in [2.45, 2.75) is 19.4 Å². The monoisotopic (exact) mass is 468 g/mol. The standard InChI is InChI=1S/C29H32N4O2/c1-33(2)18-21-3-5-24(6-4-21)28-29(25-9-7-23(8-10-25)26-13-16-34-20-26)32-27(17-31-28)35-19-22-11-14-30-15-12-22/h3-10,13,16-17,20,22,30H,11-12,14-15,18-19H2,1-2H3. The van der Waals surface area contributed by atoms with Gasteiger partial charge in [-0.2, -0.15) is 0 Å². The number of nitrogens with zero attached hydrogens (tertiary/aromatic N) is 3. The molecule has 0 saturated carbocycles. The molecule has 3 heterocycles. The Morgan fingerprint density at radius 2 is 1.57 bits per heavy atom. The molecule has 35 heavy (non-hydrogen) atoms. The van der Waals surface area contributed by atoms with Crippen molar-refractivity contribution in [3.8, 4) is 39.5 Å². The summed E-state index contributed by atoms with van der Waals surface area (Å²) in [6.45, 7) is 3.68. The van der Waals surface area contributed by atoms with E-state index in [0.717, 1.165) is 66.1 Å². The van der Waals surface area contributed by atoms with Crippen LogP contribution in [0.2, 0.25) is 0 Å². The van der Waals surface area contributed by atoms with Crippen LogP contribution in [-0.2, 0) is 6.54 Å². The molecule has 0 radical (unpaired) electrons. The molecule has 1 fully saturated rings. The maximum atomic E-state index is 6.12. The number of hydrogen-bond acceptors (Lipinski definition) is 6. The summed E-state index contributed by atoms with van der Waals surface area (Å²) in [5, 5.41) is 3.41. The van der Waals surface area contributed by atoms with Gasteiger partial charge in [0.1, 0.15) is 5.69 Å². The highest BCUT2D eigenvalue weighted by molar-refractivity contribution is 5.79. The van der Waals surface area contributed by atoms with Crippen LogP contribution in [-0.4, -0.2) is 48.7 Å². The third-order valence-corrected chi connectivity index (χ3v) is 6.42. The summed E-state index contributed by atoms with van der Waals surface area (Å²) < 4.78 is 11.4. The summed E-state index contributed by atoms with van der Waals surface area (Å²) in [6, 6.07) is 18.9. The van der Waals surface area contributed by atoms with Gasteiger partial charge in [-0.15, -0.1) is 0 Å². The predicted molar refractivity (Wildman–Crippen MR) is 139 cm³/mol. The van der Waals surface area contributed by atoms with Gasteiger partial charge in [0, 0.05) is 23.2 Å². The first-order valence-corrected chi connectivity index (χ1v) is 12.2. The number of piperidine rings is 1. The highest BCUT2D eigenvalue weighted by Crippen LogP contribution is 2.32. The zero-order valence-corrected chi connectivity index (χ0v) is 20.4. The highest BCUT2D eigenvalue weighted by atomic mass is 16.5. The first-order chi connectivity index (χ1) is 17.2. The van der Waals surface area contributed by atoms with Crippen LogP contribution in [0, 0.1) is 5.92 Å². The van der Waals surface area contributed by atoms with E-state index in [2.05, 4.69) is 72.8 Å². The van der Waals surface area contributed by atoms with Gasteiger partial charge in [-0.1, -0.05) is 48.5 Å². The summed E-state index contributed by atoms with van der Waals surface area (Å²) in [5.74, 6) is 1.13. The molecule has 1 N–H and O–H groups in total. The zero-order chi connectivity index (χ0) is 24.0. The van der Waals surface area contributed by atoms with E-state index in [0.29, 0.717) is 18.4 Å². The normalized spacial score (nSPS) is 14.4. The van der Waals surface area contributed by atoms with Crippen LogP contribution in [0.4, 0.5) is 0 Å². The lowest BCUT2D eigenvalue weighted by atomic mass is 9.99. The Morgan fingerprint density at radius 1 is 0.886 bits per heavy atom. The van der Waals surface area contributed by atoms with Crippen molar-refractivity contribution in [2.75, 3.05) is 33.8 Å². The number of aromatic nitrogens is 2. The fourth-order valence-electron chi connectivity index (χ4n) is 4.49. The summed E-state index contributed by atoms with van der Waals surface area (Å²) in [4.78, 5) is 11.9. The summed E-state index contributed by atoms with van der Waals surface area (Å²) >= 11 is 0. The van der Waals surface area contributed by atoms with Gasteiger partial charge in [0.25, 0.3) is 0 Å². The minimum absolute atomic E-state index is 0.555. The van der Waals surface area contributed by atoms with Crippen molar-refractivity contribution in [3.63, 3.8) is 0 Å². The number of ether oxygens (including phenoxy) is 1. The van der Waals surface area contributed by atoms with Crippen LogP contribution in [0.5, 0.6) is 5.88 Å². The van der Waals surface area contributed by atoms with E-state index < -0.39 is 0 Å². The Morgan fingerprint density at radius 3 is 2.26 bits per heavy atom. The molecule has 0 bridgehead atoms. The Hall–Kier alpha value is -3.48. The first-order valence-electron chi connectivity index (χ1n) is 12.2. The molecule has 0 atom stereocenters. The van der Waals surface area contributed by atoms with E-state index >= 15 is 0 Å². The molecule has 2 aromatic heterocycles. The van der Waals surface area contributed by atoms with Crippen LogP contribution >= 0.6 is 0 Å². The third-order valence-electron chi connectivity index (χ3n) is 6.42. The predicted octanol–water partition coefficient (Wildman–Crippen LogP) is 5.51. The van der Waals surface area contributed by atoms with E-state index in [1.165, 1.54) is 5.56 Å². The van der Waals surface area contributed by atoms with E-state index in [4.69, 9.17) is 19.1 Å². The summed E-state index contributed by atoms with van der Waals surface area (Å²) in [6.07, 6.45) is 7.47. The van der Waals surface area contributed by atoms with Gasteiger partial charge < -0.3 is 19.4 Å². The molecule has 2 aromatic carbocycles. The Bertz CT molecular complexity index is 1210. The fourth-order valence-corrected chi connectivity index (χ4v) is 4.49. The third kappa shape index (κ3) is 5.78. The van der Waals surface area contributed by atoms with Crippen molar-refractivity contribution in [1.29, 1.82) is 0 Å². The van der Waals surface area contributed by atoms with Crippen LogP contribution in [0.25, 0.3) is 33.6 Å². The quantitative estimate of drug-likeness (QED) is 0.368. The van der Waals surface area contributed by atoms with Gasteiger partial charge in [-0.3, -0.25) is 0 Å². The second kappa shape index (κ2) is 10.8. The Balaban J connectivity index is 1.45. The minimum Gasteiger partial charge on any atom is -0.476 e. The molecule has 5 rings (SSSR count). The van der Waals surface area contributed by atoms with E-state index in [-0.39, 0.29) is 0 Å². The lowest BCUT2D eigenvalue weighted by Gasteiger charge is -2.22. The summed E-state index contributed by atoms with van der Waals surface area (Å²) in [7, 11) is 4.15. The molecular formula is C29H32N4O2. The largest absolute Gasteiger partial charge is 0.476 e. The van der Waals surface area contributed by atoms with Gasteiger partial charge in [0.2, 0.25) is 5.88 Å². The van der Waals surface area contributed by atoms with Crippen LogP contribution < -0.4 is 10.1 Å². The molecule has 1 aliphatic heterocycles. The van der Waals surface area contributed by atoms with Gasteiger partial charge in [0.05, 0.1) is 31.0 Å². The van der Waals surface area contributed by atoms with Crippen LogP contribution in [0.1, 0.15) is 18.4 Å². The van der Waals surface area contributed by atoms with Crippen LogP contribution in [0.15, 0.2) is 77.7 Å². The second-order valence-electron chi connectivity index (χ2n) is 9.43. The SMILES string of the molecule is CN(C)Cc1ccc(-c2ncc(OCC3CCNCC3)nc2-c2ccc(-c3ccoc3)cc2)cc1. The molecule has 6 nitrogen and oxygen atoms in total. The smallest absolute Gasteiger partial charge is 0.232 e. The van der Waals surface area contributed by atoms with Gasteiger partial charge in [-0.05, 0) is 63.1 Å². The highest BCUT2D eigenvalue weighted by Gasteiger charge is 2.17. The average Bonchev–Trinajstić information content (AvgIpc) is 3.44. The molecule has 6 heteroatoms. The fraction of sp³-hybridized carbons (Fsp3) is 0.310. The number of furan rings is 1. The molecule has 0 unspecified atom stereocenters. The molecule has 1 aliphatic rings. The van der Waals surface area contributed by atoms with Gasteiger partial charge in [-0.25, -0.2) is 9.97 Å². The average molecular weight is 469 g/mol. The molecule has 1 saturated heterocycles. The lowest BCUT2D eigenvalue weighted by molar-refractivity contribution is 0.208. The van der Waals surface area contributed by atoms with E-state index in [9.17, 15) is 0 Å². The lowest BCUT2D eigenvalue weighted by Crippen LogP contribution is -2.30. The van der Waals surface area contributed by atoms with Gasteiger partial charge >= 0.3 is 0 Å². The Kier molecular flexibility index (Phi) is 7.21. The maximum absolute atomic E-state index is 6.12. The zero-order valence-electron chi connectivity index (χ0n) is 20.4. The molecule has 0 amide bonds. The molecule has 0 spiro atoms. The number of benzene rings is 2. The number of hydrogen-bond donors (Lipinski definition) is 1. The van der Waals surface area contributed by atoms with Gasteiger partial charge in [0.15, 0.2) is 0 Å². The van der Waals surface area contributed by atoms with Crippen molar-refractivity contribution >= 4 is 0 Å².